The summed E-state index contributed by atoms with van der Waals surface area (Å²) >= 11 is 10.3. The average Bonchev–Trinajstić information content (AvgIpc) is 2.46. The molecule has 0 bridgehead atoms. The third kappa shape index (κ3) is 4.54. The first-order chi connectivity index (χ1) is 10.0. The molecule has 118 valence electrons. The summed E-state index contributed by atoms with van der Waals surface area (Å²) in [4.78, 5) is 0. The molecule has 5 heteroatoms. The molecule has 0 saturated carbocycles. The van der Waals surface area contributed by atoms with Crippen LogP contribution in [0.25, 0.3) is 0 Å². The van der Waals surface area contributed by atoms with Gasteiger partial charge < -0.3 is 5.32 Å². The van der Waals surface area contributed by atoms with Crippen LogP contribution in [0.5, 0.6) is 0 Å². The molecule has 21 heavy (non-hydrogen) atoms. The van der Waals surface area contributed by atoms with Gasteiger partial charge in [-0.1, -0.05) is 32.4 Å². The summed E-state index contributed by atoms with van der Waals surface area (Å²) in [6.07, 6.45) is 1.06. The average molecular weight is 348 g/mol. The first-order valence-corrected chi connectivity index (χ1v) is 9.85. The lowest BCUT2D eigenvalue weighted by atomic mass is 10.0. The lowest BCUT2D eigenvalue weighted by Crippen LogP contribution is -2.37. The number of thioether (sulfide) groups is 2. The van der Waals surface area contributed by atoms with Crippen LogP contribution < -0.4 is 5.32 Å². The van der Waals surface area contributed by atoms with E-state index in [1.54, 1.807) is 12.1 Å². The Kier molecular flexibility index (Phi) is 6.73. The molecule has 1 fully saturated rings. The second-order valence-electron chi connectivity index (χ2n) is 5.52. The van der Waals surface area contributed by atoms with E-state index in [4.69, 9.17) is 11.6 Å². The molecule has 0 amide bonds. The van der Waals surface area contributed by atoms with Crippen molar-refractivity contribution in [2.45, 2.75) is 49.0 Å². The molecule has 4 unspecified atom stereocenters. The zero-order valence-electron chi connectivity index (χ0n) is 12.7. The van der Waals surface area contributed by atoms with E-state index in [0.29, 0.717) is 20.8 Å². The molecular formula is C16H23ClFNS2. The van der Waals surface area contributed by atoms with Crippen molar-refractivity contribution in [3.8, 4) is 0 Å². The molecule has 1 heterocycles. The second kappa shape index (κ2) is 8.09. The molecule has 0 radical (unpaired) electrons. The molecule has 0 aromatic heterocycles. The number of benzene rings is 1. The Labute approximate surface area is 140 Å². The first kappa shape index (κ1) is 17.5. The predicted octanol–water partition coefficient (Wildman–Crippen LogP) is 5.15. The Morgan fingerprint density at radius 1 is 1.38 bits per heavy atom. The summed E-state index contributed by atoms with van der Waals surface area (Å²) in [6.45, 7) is 7.62. The zero-order chi connectivity index (χ0) is 15.4. The summed E-state index contributed by atoms with van der Waals surface area (Å²) in [5, 5.41) is 5.92. The van der Waals surface area contributed by atoms with Gasteiger partial charge in [0.05, 0.1) is 0 Å². The van der Waals surface area contributed by atoms with Crippen LogP contribution >= 0.6 is 35.1 Å². The third-order valence-corrected chi connectivity index (χ3v) is 7.69. The van der Waals surface area contributed by atoms with Crippen LogP contribution in [0.4, 0.5) is 4.39 Å². The van der Waals surface area contributed by atoms with Gasteiger partial charge in [0.25, 0.3) is 0 Å². The van der Waals surface area contributed by atoms with E-state index in [-0.39, 0.29) is 11.9 Å². The van der Waals surface area contributed by atoms with Gasteiger partial charge in [-0.25, -0.2) is 4.39 Å². The summed E-state index contributed by atoms with van der Waals surface area (Å²) in [5.41, 5.74) is 0.893. The van der Waals surface area contributed by atoms with Gasteiger partial charge in [-0.15, -0.1) is 0 Å². The van der Waals surface area contributed by atoms with Crippen LogP contribution in [-0.4, -0.2) is 28.0 Å². The minimum atomic E-state index is -0.215. The maximum Gasteiger partial charge on any atom is 0.123 e. The molecule has 1 aliphatic rings. The second-order valence-corrected chi connectivity index (χ2v) is 8.95. The molecule has 4 atom stereocenters. The lowest BCUT2D eigenvalue weighted by molar-refractivity contribution is 0.523. The standard InChI is InChI=1S/C16H23ClFNS2/c1-4-7-19-16(13-8-12(18)5-6-14(13)17)15-9-20-10(2)11(3)21-15/h5-6,8,10-11,15-16,19H,4,7,9H2,1-3H3. The van der Waals surface area contributed by atoms with Crippen molar-refractivity contribution in [1.29, 1.82) is 0 Å². The summed E-state index contributed by atoms with van der Waals surface area (Å²) < 4.78 is 13.6. The summed E-state index contributed by atoms with van der Waals surface area (Å²) in [6, 6.07) is 4.79. The molecule has 1 aromatic carbocycles. The highest BCUT2D eigenvalue weighted by atomic mass is 35.5. The van der Waals surface area contributed by atoms with Gasteiger partial charge in [-0.2, -0.15) is 23.5 Å². The van der Waals surface area contributed by atoms with Gasteiger partial charge in [0, 0.05) is 32.6 Å². The molecule has 1 aliphatic heterocycles. The minimum absolute atomic E-state index is 0.112. The van der Waals surface area contributed by atoms with E-state index in [1.807, 2.05) is 23.5 Å². The first-order valence-electron chi connectivity index (χ1n) is 7.48. The molecule has 1 nitrogen and oxygen atoms in total. The van der Waals surface area contributed by atoms with Crippen molar-refractivity contribution in [3.05, 3.63) is 34.6 Å². The van der Waals surface area contributed by atoms with Crippen LogP contribution in [0.3, 0.4) is 0 Å². The Bertz CT molecular complexity index is 472. The Balaban J connectivity index is 2.23. The fourth-order valence-electron chi connectivity index (χ4n) is 2.48. The largest absolute Gasteiger partial charge is 0.309 e. The quantitative estimate of drug-likeness (QED) is 0.791. The number of nitrogens with one attached hydrogen (secondary N) is 1. The van der Waals surface area contributed by atoms with Crippen molar-refractivity contribution in [2.75, 3.05) is 12.3 Å². The third-order valence-electron chi connectivity index (χ3n) is 3.85. The van der Waals surface area contributed by atoms with Gasteiger partial charge >= 0.3 is 0 Å². The Hall–Kier alpha value is 0.1000. The molecule has 1 N–H and O–H groups in total. The van der Waals surface area contributed by atoms with E-state index in [9.17, 15) is 4.39 Å². The lowest BCUT2D eigenvalue weighted by Gasteiger charge is -2.37. The predicted molar refractivity (Wildman–Crippen MR) is 95.2 cm³/mol. The fraction of sp³-hybridized carbons (Fsp3) is 0.625. The number of halogens is 2. The fourth-order valence-corrected chi connectivity index (χ4v) is 5.82. The Morgan fingerprint density at radius 2 is 2.14 bits per heavy atom. The normalized spacial score (nSPS) is 27.6. The molecule has 0 spiro atoms. The van der Waals surface area contributed by atoms with Crippen molar-refractivity contribution in [3.63, 3.8) is 0 Å². The van der Waals surface area contributed by atoms with Gasteiger partial charge in [0.1, 0.15) is 5.82 Å². The van der Waals surface area contributed by atoms with Crippen LogP contribution in [0.1, 0.15) is 38.8 Å². The maximum atomic E-state index is 13.6. The highest BCUT2D eigenvalue weighted by Gasteiger charge is 2.32. The van der Waals surface area contributed by atoms with Crippen LogP contribution in [0.2, 0.25) is 5.02 Å². The van der Waals surface area contributed by atoms with Crippen molar-refractivity contribution in [1.82, 2.24) is 5.32 Å². The molecule has 1 aromatic rings. The van der Waals surface area contributed by atoms with Crippen LogP contribution in [0.15, 0.2) is 18.2 Å². The van der Waals surface area contributed by atoms with Gasteiger partial charge in [-0.3, -0.25) is 0 Å². The van der Waals surface area contributed by atoms with Gasteiger partial charge in [0.15, 0.2) is 0 Å². The molecular weight excluding hydrogens is 325 g/mol. The van der Waals surface area contributed by atoms with Crippen LogP contribution in [0, 0.1) is 5.82 Å². The van der Waals surface area contributed by atoms with Gasteiger partial charge in [-0.05, 0) is 36.7 Å². The van der Waals surface area contributed by atoms with Crippen molar-refractivity contribution in [2.24, 2.45) is 0 Å². The monoisotopic (exact) mass is 347 g/mol. The summed E-state index contributed by atoms with van der Waals surface area (Å²) in [7, 11) is 0. The molecule has 2 rings (SSSR count). The van der Waals surface area contributed by atoms with Crippen molar-refractivity contribution < 1.29 is 4.39 Å². The van der Waals surface area contributed by atoms with E-state index in [2.05, 4.69) is 26.1 Å². The zero-order valence-corrected chi connectivity index (χ0v) is 15.1. The van der Waals surface area contributed by atoms with E-state index < -0.39 is 0 Å². The smallest absolute Gasteiger partial charge is 0.123 e. The van der Waals surface area contributed by atoms with E-state index >= 15 is 0 Å². The topological polar surface area (TPSA) is 12.0 Å². The van der Waals surface area contributed by atoms with Gasteiger partial charge in [0.2, 0.25) is 0 Å². The van der Waals surface area contributed by atoms with E-state index in [1.165, 1.54) is 6.07 Å². The highest BCUT2D eigenvalue weighted by Crippen LogP contribution is 2.42. The van der Waals surface area contributed by atoms with Crippen molar-refractivity contribution >= 4 is 35.1 Å². The SMILES string of the molecule is CCCNC(c1cc(F)ccc1Cl)C1CSC(C)C(C)S1. The highest BCUT2D eigenvalue weighted by molar-refractivity contribution is 8.07. The van der Waals surface area contributed by atoms with Crippen LogP contribution in [-0.2, 0) is 0 Å². The number of rotatable bonds is 5. The number of hydrogen-bond acceptors (Lipinski definition) is 3. The minimum Gasteiger partial charge on any atom is -0.309 e. The Morgan fingerprint density at radius 3 is 2.81 bits per heavy atom. The molecule has 1 saturated heterocycles. The number of hydrogen-bond donors (Lipinski definition) is 1. The maximum absolute atomic E-state index is 13.6. The van der Waals surface area contributed by atoms with E-state index in [0.717, 1.165) is 24.3 Å². The molecule has 0 aliphatic carbocycles. The summed E-state index contributed by atoms with van der Waals surface area (Å²) in [5.74, 6) is 0.859.